The van der Waals surface area contributed by atoms with Crippen molar-refractivity contribution in [1.82, 2.24) is 9.78 Å². The van der Waals surface area contributed by atoms with E-state index in [2.05, 4.69) is 50.4 Å². The van der Waals surface area contributed by atoms with Gasteiger partial charge in [-0.05, 0) is 46.9 Å². The van der Waals surface area contributed by atoms with Crippen LogP contribution in [-0.2, 0) is 12.0 Å². The minimum Gasteiger partial charge on any atom is -0.497 e. The quantitative estimate of drug-likeness (QED) is 0.392. The molecule has 0 atom stereocenters. The first kappa shape index (κ1) is 22.3. The van der Waals surface area contributed by atoms with E-state index in [-0.39, 0.29) is 11.3 Å². The fourth-order valence-electron chi connectivity index (χ4n) is 3.62. The van der Waals surface area contributed by atoms with Crippen molar-refractivity contribution in [2.45, 2.75) is 32.7 Å². The Bertz CT molecular complexity index is 1220. The second-order valence-electron chi connectivity index (χ2n) is 9.07. The minimum atomic E-state index is -0.207. The Morgan fingerprint density at radius 2 is 1.61 bits per heavy atom. The molecule has 3 aromatic carbocycles. The number of hydrogen-bond acceptors (Lipinski definition) is 3. The predicted octanol–water partition coefficient (Wildman–Crippen LogP) is 6.16. The molecule has 4 rings (SSSR count). The number of methoxy groups -OCH3 is 1. The smallest absolute Gasteiger partial charge is 0.273 e. The van der Waals surface area contributed by atoms with Gasteiger partial charge in [0.2, 0.25) is 0 Å². The molecule has 0 aliphatic carbocycles. The lowest BCUT2D eigenvalue weighted by atomic mass is 9.87. The van der Waals surface area contributed by atoms with Gasteiger partial charge in [-0.2, -0.15) is 5.10 Å². The monoisotopic (exact) mass is 439 g/mol. The normalized spacial score (nSPS) is 11.3. The van der Waals surface area contributed by atoms with Crippen LogP contribution in [-0.4, -0.2) is 22.8 Å². The third kappa shape index (κ3) is 5.32. The van der Waals surface area contributed by atoms with Crippen molar-refractivity contribution in [3.63, 3.8) is 0 Å². The summed E-state index contributed by atoms with van der Waals surface area (Å²) in [5.74, 6) is 0.532. The van der Waals surface area contributed by atoms with Crippen molar-refractivity contribution in [3.05, 3.63) is 102 Å². The first-order chi connectivity index (χ1) is 15.8. The highest BCUT2D eigenvalue weighted by Crippen LogP contribution is 2.24. The summed E-state index contributed by atoms with van der Waals surface area (Å²) in [6.07, 6.45) is 0. The van der Waals surface area contributed by atoms with Gasteiger partial charge < -0.3 is 10.1 Å². The molecule has 0 aliphatic heterocycles. The zero-order chi connectivity index (χ0) is 23.4. The van der Waals surface area contributed by atoms with Crippen molar-refractivity contribution < 1.29 is 9.53 Å². The van der Waals surface area contributed by atoms with E-state index in [1.165, 1.54) is 5.56 Å². The lowest BCUT2D eigenvalue weighted by Gasteiger charge is -2.19. The molecule has 0 bridgehead atoms. The molecule has 33 heavy (non-hydrogen) atoms. The van der Waals surface area contributed by atoms with E-state index < -0.39 is 0 Å². The van der Waals surface area contributed by atoms with Gasteiger partial charge in [-0.25, -0.2) is 0 Å². The minimum absolute atomic E-state index is 0.0914. The van der Waals surface area contributed by atoms with Crippen molar-refractivity contribution in [2.24, 2.45) is 0 Å². The standard InChI is InChI=1S/C28H29N3O2/c1-28(2,3)22-12-10-20(11-13-22)19-31-26(18-25(30-31)21-8-6-5-7-9-21)27(32)29-23-14-16-24(33-4)17-15-23/h5-18H,19H2,1-4H3,(H,29,32). The second-order valence-corrected chi connectivity index (χ2v) is 9.07. The molecular weight excluding hydrogens is 410 g/mol. The van der Waals surface area contributed by atoms with Gasteiger partial charge in [-0.1, -0.05) is 75.4 Å². The van der Waals surface area contributed by atoms with E-state index in [4.69, 9.17) is 9.84 Å². The fraction of sp³-hybridized carbons (Fsp3) is 0.214. The highest BCUT2D eigenvalue weighted by atomic mass is 16.5. The average Bonchev–Trinajstić information content (AvgIpc) is 3.24. The number of nitrogens with one attached hydrogen (secondary N) is 1. The Labute approximate surface area is 195 Å². The number of anilines is 1. The van der Waals surface area contributed by atoms with Crippen LogP contribution in [0.2, 0.25) is 0 Å². The third-order valence-corrected chi connectivity index (χ3v) is 5.58. The highest BCUT2D eigenvalue weighted by molar-refractivity contribution is 6.03. The van der Waals surface area contributed by atoms with Crippen molar-refractivity contribution in [1.29, 1.82) is 0 Å². The molecule has 0 radical (unpaired) electrons. The van der Waals surface area contributed by atoms with Crippen LogP contribution in [0.25, 0.3) is 11.3 Å². The van der Waals surface area contributed by atoms with Gasteiger partial charge in [0.15, 0.2) is 0 Å². The van der Waals surface area contributed by atoms with E-state index in [0.717, 1.165) is 22.6 Å². The summed E-state index contributed by atoms with van der Waals surface area (Å²) in [5.41, 5.74) is 5.39. The lowest BCUT2D eigenvalue weighted by Crippen LogP contribution is -2.18. The number of carbonyl (C=O) groups is 1. The maximum atomic E-state index is 13.2. The van der Waals surface area contributed by atoms with Crippen LogP contribution in [0.1, 0.15) is 42.4 Å². The number of carbonyl (C=O) groups excluding carboxylic acids is 1. The summed E-state index contributed by atoms with van der Waals surface area (Å²) in [6.45, 7) is 7.10. The number of nitrogens with zero attached hydrogens (tertiary/aromatic N) is 2. The average molecular weight is 440 g/mol. The van der Waals surface area contributed by atoms with E-state index in [1.54, 1.807) is 11.8 Å². The molecule has 5 nitrogen and oxygen atoms in total. The Morgan fingerprint density at radius 3 is 2.21 bits per heavy atom. The second kappa shape index (κ2) is 9.33. The van der Waals surface area contributed by atoms with Crippen LogP contribution in [0.5, 0.6) is 5.75 Å². The topological polar surface area (TPSA) is 56.1 Å². The van der Waals surface area contributed by atoms with Crippen LogP contribution < -0.4 is 10.1 Å². The van der Waals surface area contributed by atoms with Crippen LogP contribution in [0.4, 0.5) is 5.69 Å². The fourth-order valence-corrected chi connectivity index (χ4v) is 3.62. The van der Waals surface area contributed by atoms with E-state index in [1.807, 2.05) is 60.7 Å². The zero-order valence-electron chi connectivity index (χ0n) is 19.5. The maximum absolute atomic E-state index is 13.2. The molecule has 0 saturated heterocycles. The molecule has 0 spiro atoms. The van der Waals surface area contributed by atoms with Gasteiger partial charge in [0.1, 0.15) is 11.4 Å². The van der Waals surface area contributed by atoms with Gasteiger partial charge in [0.25, 0.3) is 5.91 Å². The molecule has 0 aliphatic rings. The zero-order valence-corrected chi connectivity index (χ0v) is 19.5. The molecule has 5 heteroatoms. The van der Waals surface area contributed by atoms with Crippen LogP contribution in [0.15, 0.2) is 84.9 Å². The third-order valence-electron chi connectivity index (χ3n) is 5.58. The predicted molar refractivity (Wildman–Crippen MR) is 133 cm³/mol. The van der Waals surface area contributed by atoms with E-state index >= 15 is 0 Å². The first-order valence-corrected chi connectivity index (χ1v) is 11.0. The number of rotatable bonds is 6. The van der Waals surface area contributed by atoms with Crippen molar-refractivity contribution in [2.75, 3.05) is 12.4 Å². The number of ether oxygens (including phenoxy) is 1. The van der Waals surface area contributed by atoms with Gasteiger partial charge in [-0.3, -0.25) is 9.48 Å². The van der Waals surface area contributed by atoms with Crippen LogP contribution in [0, 0.1) is 0 Å². The Balaban J connectivity index is 1.64. The molecule has 1 amide bonds. The number of hydrogen-bond donors (Lipinski definition) is 1. The first-order valence-electron chi connectivity index (χ1n) is 11.0. The summed E-state index contributed by atoms with van der Waals surface area (Å²) in [4.78, 5) is 13.2. The SMILES string of the molecule is COc1ccc(NC(=O)c2cc(-c3ccccc3)nn2Cc2ccc(C(C)(C)C)cc2)cc1. The lowest BCUT2D eigenvalue weighted by molar-refractivity contribution is 0.101. The van der Waals surface area contributed by atoms with Gasteiger partial charge in [-0.15, -0.1) is 0 Å². The summed E-state index contributed by atoms with van der Waals surface area (Å²) in [6, 6.07) is 27.5. The van der Waals surface area contributed by atoms with E-state index in [9.17, 15) is 4.79 Å². The molecule has 0 fully saturated rings. The molecule has 1 N–H and O–H groups in total. The largest absolute Gasteiger partial charge is 0.497 e. The highest BCUT2D eigenvalue weighted by Gasteiger charge is 2.18. The summed E-state index contributed by atoms with van der Waals surface area (Å²) < 4.78 is 6.97. The Morgan fingerprint density at radius 1 is 0.939 bits per heavy atom. The number of amides is 1. The Hall–Kier alpha value is -3.86. The summed E-state index contributed by atoms with van der Waals surface area (Å²) in [5, 5.41) is 7.75. The van der Waals surface area contributed by atoms with Gasteiger partial charge in [0.05, 0.1) is 19.3 Å². The van der Waals surface area contributed by atoms with E-state index in [0.29, 0.717) is 17.9 Å². The van der Waals surface area contributed by atoms with Gasteiger partial charge in [0, 0.05) is 11.3 Å². The van der Waals surface area contributed by atoms with Crippen molar-refractivity contribution in [3.8, 4) is 17.0 Å². The molecule has 0 unspecified atom stereocenters. The summed E-state index contributed by atoms with van der Waals surface area (Å²) >= 11 is 0. The maximum Gasteiger partial charge on any atom is 0.273 e. The molecule has 1 heterocycles. The van der Waals surface area contributed by atoms with Gasteiger partial charge >= 0.3 is 0 Å². The Kier molecular flexibility index (Phi) is 6.31. The molecule has 168 valence electrons. The molecule has 4 aromatic rings. The number of benzene rings is 3. The van der Waals surface area contributed by atoms with Crippen molar-refractivity contribution >= 4 is 11.6 Å². The van der Waals surface area contributed by atoms with Crippen LogP contribution >= 0.6 is 0 Å². The number of aromatic nitrogens is 2. The van der Waals surface area contributed by atoms with Crippen LogP contribution in [0.3, 0.4) is 0 Å². The summed E-state index contributed by atoms with van der Waals surface area (Å²) in [7, 11) is 1.62. The molecular formula is C28H29N3O2. The molecule has 1 aromatic heterocycles. The molecule has 0 saturated carbocycles.